The Hall–Kier alpha value is -0.960. The average Bonchev–Trinajstić information content (AvgIpc) is 2.04. The lowest BCUT2D eigenvalue weighted by atomic mass is 9.85. The van der Waals surface area contributed by atoms with E-state index < -0.39 is 5.54 Å². The van der Waals surface area contributed by atoms with Crippen molar-refractivity contribution >= 4 is 0 Å². The van der Waals surface area contributed by atoms with Crippen LogP contribution in [0.4, 0.5) is 0 Å². The molecule has 0 aliphatic rings. The van der Waals surface area contributed by atoms with Crippen LogP contribution in [0.25, 0.3) is 0 Å². The largest absolute Gasteiger partial charge is 0.320 e. The maximum absolute atomic E-state index is 6.18. The quantitative estimate of drug-likeness (QED) is 0.750. The third-order valence-corrected chi connectivity index (χ3v) is 2.59. The Morgan fingerprint density at radius 1 is 1.31 bits per heavy atom. The average molecular weight is 179 g/mol. The van der Waals surface area contributed by atoms with Crippen LogP contribution in [0.5, 0.6) is 0 Å². The minimum Gasteiger partial charge on any atom is -0.320 e. The second-order valence-corrected chi connectivity index (χ2v) is 3.93. The van der Waals surface area contributed by atoms with Crippen molar-refractivity contribution in [3.05, 3.63) is 23.8 Å². The summed E-state index contributed by atoms with van der Waals surface area (Å²) in [7, 11) is 0. The van der Waals surface area contributed by atoms with Gasteiger partial charge in [0.1, 0.15) is 0 Å². The summed E-state index contributed by atoms with van der Waals surface area (Å²) in [6.45, 7) is 8.12. The molecule has 3 heteroatoms. The van der Waals surface area contributed by atoms with E-state index in [0.717, 1.165) is 11.4 Å². The first-order valence-corrected chi connectivity index (χ1v) is 4.53. The number of hydrogen-bond donors (Lipinski definition) is 1. The molecule has 0 aromatic carbocycles. The van der Waals surface area contributed by atoms with Gasteiger partial charge in [0.2, 0.25) is 0 Å². The molecule has 1 heterocycles. The van der Waals surface area contributed by atoms with E-state index in [1.807, 2.05) is 13.8 Å². The Balaban J connectivity index is 3.14. The molecule has 0 amide bonds. The van der Waals surface area contributed by atoms with E-state index in [2.05, 4.69) is 23.8 Å². The summed E-state index contributed by atoms with van der Waals surface area (Å²) in [6.07, 6.45) is 3.38. The van der Waals surface area contributed by atoms with Crippen molar-refractivity contribution in [2.45, 2.75) is 33.2 Å². The van der Waals surface area contributed by atoms with E-state index in [0.29, 0.717) is 5.92 Å². The van der Waals surface area contributed by atoms with Gasteiger partial charge >= 0.3 is 0 Å². The van der Waals surface area contributed by atoms with Crippen molar-refractivity contribution in [2.24, 2.45) is 11.7 Å². The Kier molecular flexibility index (Phi) is 2.66. The van der Waals surface area contributed by atoms with E-state index in [1.165, 1.54) is 0 Å². The second kappa shape index (κ2) is 3.42. The summed E-state index contributed by atoms with van der Waals surface area (Å²) >= 11 is 0. The van der Waals surface area contributed by atoms with Crippen LogP contribution >= 0.6 is 0 Å². The molecule has 0 saturated heterocycles. The molecule has 1 rings (SSSR count). The summed E-state index contributed by atoms with van der Waals surface area (Å²) in [5.41, 5.74) is 7.60. The molecule has 1 aromatic rings. The Morgan fingerprint density at radius 2 is 1.85 bits per heavy atom. The maximum atomic E-state index is 6.18. The van der Waals surface area contributed by atoms with Gasteiger partial charge in [0.25, 0.3) is 0 Å². The van der Waals surface area contributed by atoms with Crippen LogP contribution in [0.1, 0.15) is 32.2 Å². The molecule has 0 radical (unpaired) electrons. The monoisotopic (exact) mass is 179 g/mol. The molecule has 1 atom stereocenters. The lowest BCUT2D eigenvalue weighted by molar-refractivity contribution is 0.338. The minimum atomic E-state index is -0.391. The number of nitrogens with two attached hydrogens (primary N) is 1. The van der Waals surface area contributed by atoms with E-state index in [1.54, 1.807) is 12.4 Å². The topological polar surface area (TPSA) is 51.8 Å². The van der Waals surface area contributed by atoms with Gasteiger partial charge in [0.05, 0.1) is 16.9 Å². The van der Waals surface area contributed by atoms with Gasteiger partial charge in [-0.3, -0.25) is 9.97 Å². The molecule has 0 aliphatic heterocycles. The van der Waals surface area contributed by atoms with Gasteiger partial charge in [-0.1, -0.05) is 13.8 Å². The molecule has 3 nitrogen and oxygen atoms in total. The molecule has 13 heavy (non-hydrogen) atoms. The normalized spacial score (nSPS) is 15.8. The first-order chi connectivity index (χ1) is 5.96. The fraction of sp³-hybridized carbons (Fsp3) is 0.600. The summed E-state index contributed by atoms with van der Waals surface area (Å²) in [4.78, 5) is 8.47. The van der Waals surface area contributed by atoms with E-state index in [-0.39, 0.29) is 0 Å². The van der Waals surface area contributed by atoms with Crippen molar-refractivity contribution in [1.82, 2.24) is 9.97 Å². The third-order valence-electron chi connectivity index (χ3n) is 2.59. The van der Waals surface area contributed by atoms with Crippen molar-refractivity contribution in [1.29, 1.82) is 0 Å². The number of aryl methyl sites for hydroxylation is 1. The summed E-state index contributed by atoms with van der Waals surface area (Å²) < 4.78 is 0. The zero-order valence-electron chi connectivity index (χ0n) is 8.70. The highest BCUT2D eigenvalue weighted by Gasteiger charge is 2.28. The predicted molar refractivity (Wildman–Crippen MR) is 53.1 cm³/mol. The molecule has 0 aliphatic carbocycles. The summed E-state index contributed by atoms with van der Waals surface area (Å²) in [5.74, 6) is 0.350. The molecule has 1 aromatic heterocycles. The van der Waals surface area contributed by atoms with Crippen molar-refractivity contribution < 1.29 is 0 Å². The molecule has 0 spiro atoms. The lowest BCUT2D eigenvalue weighted by Crippen LogP contribution is -2.40. The van der Waals surface area contributed by atoms with Gasteiger partial charge in [-0.05, 0) is 19.8 Å². The highest BCUT2D eigenvalue weighted by molar-refractivity contribution is 5.18. The van der Waals surface area contributed by atoms with E-state index in [9.17, 15) is 0 Å². The van der Waals surface area contributed by atoms with Gasteiger partial charge in [-0.15, -0.1) is 0 Å². The molecule has 0 unspecified atom stereocenters. The van der Waals surface area contributed by atoms with Crippen LogP contribution < -0.4 is 5.73 Å². The Bertz CT molecular complexity index is 292. The van der Waals surface area contributed by atoms with Crippen LogP contribution in [0.3, 0.4) is 0 Å². The zero-order chi connectivity index (χ0) is 10.1. The highest BCUT2D eigenvalue weighted by Crippen LogP contribution is 2.25. The third kappa shape index (κ3) is 1.86. The number of aromatic nitrogens is 2. The summed E-state index contributed by atoms with van der Waals surface area (Å²) in [6, 6.07) is 0. The zero-order valence-corrected chi connectivity index (χ0v) is 8.70. The van der Waals surface area contributed by atoms with Gasteiger partial charge in [-0.25, -0.2) is 0 Å². The minimum absolute atomic E-state index is 0.350. The highest BCUT2D eigenvalue weighted by atomic mass is 14.9. The Labute approximate surface area is 79.4 Å². The smallest absolute Gasteiger partial charge is 0.0814 e. The first kappa shape index (κ1) is 10.1. The van der Waals surface area contributed by atoms with Crippen molar-refractivity contribution in [3.8, 4) is 0 Å². The fourth-order valence-electron chi connectivity index (χ4n) is 1.21. The molecule has 0 bridgehead atoms. The maximum Gasteiger partial charge on any atom is 0.0814 e. The van der Waals surface area contributed by atoms with Crippen LogP contribution in [0, 0.1) is 12.8 Å². The fourth-order valence-corrected chi connectivity index (χ4v) is 1.21. The molecule has 2 N–H and O–H groups in total. The second-order valence-electron chi connectivity index (χ2n) is 3.93. The lowest BCUT2D eigenvalue weighted by Gasteiger charge is -2.29. The Morgan fingerprint density at radius 3 is 2.31 bits per heavy atom. The number of rotatable bonds is 2. The summed E-state index contributed by atoms with van der Waals surface area (Å²) in [5, 5.41) is 0. The van der Waals surface area contributed by atoms with Crippen LogP contribution in [0.15, 0.2) is 12.4 Å². The van der Waals surface area contributed by atoms with E-state index in [4.69, 9.17) is 5.73 Å². The van der Waals surface area contributed by atoms with Crippen LogP contribution in [0.2, 0.25) is 0 Å². The van der Waals surface area contributed by atoms with Gasteiger partial charge in [0.15, 0.2) is 0 Å². The van der Waals surface area contributed by atoms with Crippen molar-refractivity contribution in [2.75, 3.05) is 0 Å². The van der Waals surface area contributed by atoms with Gasteiger partial charge in [0, 0.05) is 12.4 Å². The first-order valence-electron chi connectivity index (χ1n) is 4.53. The van der Waals surface area contributed by atoms with Crippen molar-refractivity contribution in [3.63, 3.8) is 0 Å². The number of nitrogens with zero attached hydrogens (tertiary/aromatic N) is 2. The molecule has 0 fully saturated rings. The SMILES string of the molecule is Cc1nccnc1[C@](C)(N)C(C)C. The van der Waals surface area contributed by atoms with Crippen LogP contribution in [-0.2, 0) is 5.54 Å². The number of hydrogen-bond acceptors (Lipinski definition) is 3. The molecule has 0 saturated carbocycles. The predicted octanol–water partition coefficient (Wildman–Crippen LogP) is 1.61. The van der Waals surface area contributed by atoms with Gasteiger partial charge < -0.3 is 5.73 Å². The van der Waals surface area contributed by atoms with Gasteiger partial charge in [-0.2, -0.15) is 0 Å². The molecular weight excluding hydrogens is 162 g/mol. The van der Waals surface area contributed by atoms with Crippen LogP contribution in [-0.4, -0.2) is 9.97 Å². The standard InChI is InChI=1S/C10H17N3/c1-7(2)10(4,11)9-8(3)12-5-6-13-9/h5-7H,11H2,1-4H3/t10-/m1/s1. The molecule has 72 valence electrons. The molecular formula is C10H17N3. The van der Waals surface area contributed by atoms with E-state index >= 15 is 0 Å².